The summed E-state index contributed by atoms with van der Waals surface area (Å²) >= 11 is 0. The third-order valence-corrected chi connectivity index (χ3v) is 4.24. The third-order valence-electron chi connectivity index (χ3n) is 4.24. The van der Waals surface area contributed by atoms with Crippen LogP contribution >= 0.6 is 0 Å². The molecular weight excluding hydrogens is 316 g/mol. The minimum absolute atomic E-state index is 0.270. The van der Waals surface area contributed by atoms with Crippen molar-refractivity contribution in [3.8, 4) is 0 Å². The fraction of sp³-hybridized carbons (Fsp3) is 0.467. The summed E-state index contributed by atoms with van der Waals surface area (Å²) in [7, 11) is 1.52. The summed E-state index contributed by atoms with van der Waals surface area (Å²) in [6, 6.07) is 0. The average molecular weight is 336 g/mol. The van der Waals surface area contributed by atoms with Crippen molar-refractivity contribution in [3.05, 3.63) is 24.3 Å². The number of aromatic nitrogens is 3. The van der Waals surface area contributed by atoms with E-state index in [-0.39, 0.29) is 5.82 Å². The van der Waals surface area contributed by atoms with Gasteiger partial charge in [0, 0.05) is 11.8 Å². The molecule has 0 aliphatic carbocycles. The molecule has 2 aromatic rings. The molecule has 1 fully saturated rings. The number of nitrogens with zero attached hydrogens (tertiary/aromatic N) is 3. The highest BCUT2D eigenvalue weighted by atomic mass is 16.6. The van der Waals surface area contributed by atoms with Crippen molar-refractivity contribution in [1.82, 2.24) is 14.5 Å². The number of nitrogens with two attached hydrogens (primary N) is 1. The molecule has 0 amide bonds. The van der Waals surface area contributed by atoms with Crippen molar-refractivity contribution < 1.29 is 24.8 Å². The van der Waals surface area contributed by atoms with E-state index in [2.05, 4.69) is 9.97 Å². The number of nitrogen functional groups attached to an aromatic ring is 1. The highest BCUT2D eigenvalue weighted by Gasteiger charge is 2.53. The number of rotatable bonds is 4. The molecule has 3 unspecified atom stereocenters. The van der Waals surface area contributed by atoms with Gasteiger partial charge in [-0.05, 0) is 13.0 Å². The SMILES string of the molecule is COC=Cc1cn(C2OC(CO)C(O)[C@@]2(C)O)c2ncnc(N)c12. The maximum Gasteiger partial charge on any atom is 0.167 e. The standard InChI is InChI=1S/C15H20N4O5/c1-15(22)11(21)9(6-20)24-14(15)19-5-8(3-4-23-2)10-12(16)17-7-18-13(10)19/h3-5,7,9,11,14,20-22H,6H2,1-2H3,(H2,16,17,18)/t9?,11?,14?,15-/m1/s1. The molecular formula is C15H20N4O5. The first kappa shape index (κ1) is 16.7. The first-order chi connectivity index (χ1) is 11.4. The van der Waals surface area contributed by atoms with Gasteiger partial charge in [-0.2, -0.15) is 0 Å². The lowest BCUT2D eigenvalue weighted by Gasteiger charge is -2.27. The van der Waals surface area contributed by atoms with Gasteiger partial charge in [0.15, 0.2) is 6.23 Å². The molecule has 1 aliphatic rings. The van der Waals surface area contributed by atoms with Gasteiger partial charge in [-0.15, -0.1) is 0 Å². The van der Waals surface area contributed by atoms with E-state index < -0.39 is 30.6 Å². The lowest BCUT2D eigenvalue weighted by atomic mass is 9.96. The van der Waals surface area contributed by atoms with Crippen LogP contribution in [0.5, 0.6) is 0 Å². The van der Waals surface area contributed by atoms with E-state index in [4.69, 9.17) is 15.2 Å². The van der Waals surface area contributed by atoms with Gasteiger partial charge < -0.3 is 35.1 Å². The Hall–Kier alpha value is -2.20. The van der Waals surface area contributed by atoms with E-state index in [0.29, 0.717) is 16.6 Å². The first-order valence-electron chi connectivity index (χ1n) is 7.39. The van der Waals surface area contributed by atoms with Gasteiger partial charge >= 0.3 is 0 Å². The van der Waals surface area contributed by atoms with Crippen LogP contribution in [0.3, 0.4) is 0 Å². The summed E-state index contributed by atoms with van der Waals surface area (Å²) < 4.78 is 12.2. The maximum absolute atomic E-state index is 10.7. The summed E-state index contributed by atoms with van der Waals surface area (Å²) in [4.78, 5) is 8.20. The zero-order valence-corrected chi connectivity index (χ0v) is 13.3. The number of aliphatic hydroxyl groups excluding tert-OH is 2. The molecule has 9 nitrogen and oxygen atoms in total. The fourth-order valence-corrected chi connectivity index (χ4v) is 2.97. The number of ether oxygens (including phenoxy) is 2. The van der Waals surface area contributed by atoms with Gasteiger partial charge in [0.1, 0.15) is 35.6 Å². The predicted molar refractivity (Wildman–Crippen MR) is 85.6 cm³/mol. The summed E-state index contributed by atoms with van der Waals surface area (Å²) in [5.74, 6) is 0.270. The van der Waals surface area contributed by atoms with Crippen LogP contribution < -0.4 is 5.73 Å². The first-order valence-corrected chi connectivity index (χ1v) is 7.39. The van der Waals surface area contributed by atoms with Crippen LogP contribution in [-0.4, -0.2) is 61.4 Å². The topological polar surface area (TPSA) is 136 Å². The van der Waals surface area contributed by atoms with Gasteiger partial charge in [0.25, 0.3) is 0 Å². The van der Waals surface area contributed by atoms with Crippen molar-refractivity contribution in [2.24, 2.45) is 0 Å². The molecule has 1 aliphatic heterocycles. The molecule has 0 radical (unpaired) electrons. The molecule has 5 N–H and O–H groups in total. The number of aliphatic hydroxyl groups is 3. The number of fused-ring (bicyclic) bond motifs is 1. The Kier molecular flexibility index (Phi) is 4.18. The van der Waals surface area contributed by atoms with Crippen molar-refractivity contribution in [2.45, 2.75) is 31.0 Å². The Bertz CT molecular complexity index is 773. The quantitative estimate of drug-likeness (QED) is 0.555. The smallest absolute Gasteiger partial charge is 0.167 e. The van der Waals surface area contributed by atoms with Crippen molar-refractivity contribution in [3.63, 3.8) is 0 Å². The molecule has 9 heteroatoms. The Labute approximate surface area is 138 Å². The molecule has 0 bridgehead atoms. The maximum atomic E-state index is 10.7. The van der Waals surface area contributed by atoms with E-state index >= 15 is 0 Å². The predicted octanol–water partition coefficient (Wildman–Crippen LogP) is -0.368. The molecule has 2 aromatic heterocycles. The van der Waals surface area contributed by atoms with E-state index in [1.165, 1.54) is 26.6 Å². The Morgan fingerprint density at radius 2 is 2.25 bits per heavy atom. The van der Waals surface area contributed by atoms with Crippen LogP contribution in [0.15, 0.2) is 18.8 Å². The van der Waals surface area contributed by atoms with E-state index in [1.807, 2.05) is 0 Å². The minimum atomic E-state index is -1.62. The van der Waals surface area contributed by atoms with Crippen LogP contribution in [0.4, 0.5) is 5.82 Å². The molecule has 24 heavy (non-hydrogen) atoms. The Balaban J connectivity index is 2.17. The molecule has 3 rings (SSSR count). The lowest BCUT2D eigenvalue weighted by Crippen LogP contribution is -2.44. The van der Waals surface area contributed by atoms with Crippen molar-refractivity contribution in [1.29, 1.82) is 0 Å². The monoisotopic (exact) mass is 336 g/mol. The molecule has 0 saturated carbocycles. The second-order valence-corrected chi connectivity index (χ2v) is 5.87. The molecule has 4 atom stereocenters. The summed E-state index contributed by atoms with van der Waals surface area (Å²) in [5.41, 5.74) is 5.45. The highest BCUT2D eigenvalue weighted by molar-refractivity contribution is 5.94. The van der Waals surface area contributed by atoms with Gasteiger partial charge in [-0.3, -0.25) is 0 Å². The highest BCUT2D eigenvalue weighted by Crippen LogP contribution is 2.40. The molecule has 0 spiro atoms. The second-order valence-electron chi connectivity index (χ2n) is 5.87. The number of methoxy groups -OCH3 is 1. The average Bonchev–Trinajstić information content (AvgIpc) is 3.02. The van der Waals surface area contributed by atoms with Crippen LogP contribution in [0, 0.1) is 0 Å². The van der Waals surface area contributed by atoms with Crippen LogP contribution in [0.25, 0.3) is 17.1 Å². The van der Waals surface area contributed by atoms with Gasteiger partial charge in [-0.25, -0.2) is 9.97 Å². The Morgan fingerprint density at radius 3 is 2.88 bits per heavy atom. The third kappa shape index (κ3) is 2.42. The Morgan fingerprint density at radius 1 is 1.50 bits per heavy atom. The number of hydrogen-bond donors (Lipinski definition) is 4. The van der Waals surface area contributed by atoms with E-state index in [9.17, 15) is 15.3 Å². The van der Waals surface area contributed by atoms with Gasteiger partial charge in [-0.1, -0.05) is 0 Å². The molecule has 0 aromatic carbocycles. The second kappa shape index (κ2) is 6.02. The lowest BCUT2D eigenvalue weighted by molar-refractivity contribution is -0.0948. The van der Waals surface area contributed by atoms with Gasteiger partial charge in [0.2, 0.25) is 0 Å². The number of anilines is 1. The van der Waals surface area contributed by atoms with Crippen LogP contribution in [-0.2, 0) is 9.47 Å². The van der Waals surface area contributed by atoms with E-state index in [1.54, 1.807) is 16.8 Å². The normalized spacial score (nSPS) is 30.5. The minimum Gasteiger partial charge on any atom is -0.504 e. The van der Waals surface area contributed by atoms with Gasteiger partial charge in [0.05, 0.1) is 25.4 Å². The molecule has 130 valence electrons. The summed E-state index contributed by atoms with van der Waals surface area (Å²) in [5, 5.41) is 30.8. The van der Waals surface area contributed by atoms with Crippen LogP contribution in [0.1, 0.15) is 18.7 Å². The van der Waals surface area contributed by atoms with Crippen LogP contribution in [0.2, 0.25) is 0 Å². The zero-order chi connectivity index (χ0) is 17.5. The summed E-state index contributed by atoms with van der Waals surface area (Å²) in [6.07, 6.45) is 3.04. The van der Waals surface area contributed by atoms with Crippen molar-refractivity contribution in [2.75, 3.05) is 19.5 Å². The largest absolute Gasteiger partial charge is 0.504 e. The zero-order valence-electron chi connectivity index (χ0n) is 13.3. The van der Waals surface area contributed by atoms with Crippen molar-refractivity contribution >= 4 is 22.9 Å². The molecule has 3 heterocycles. The fourth-order valence-electron chi connectivity index (χ4n) is 2.97. The number of hydrogen-bond acceptors (Lipinski definition) is 8. The molecule has 1 saturated heterocycles. The van der Waals surface area contributed by atoms with E-state index in [0.717, 1.165) is 0 Å². The summed E-state index contributed by atoms with van der Waals surface area (Å²) in [6.45, 7) is 1.03.